The number of anilines is 2. The van der Waals surface area contributed by atoms with Crippen molar-refractivity contribution in [2.75, 3.05) is 24.9 Å². The Balaban J connectivity index is 1.87. The molecule has 0 fully saturated rings. The number of methoxy groups -OCH3 is 2. The minimum Gasteiger partial charge on any atom is -0.495 e. The van der Waals surface area contributed by atoms with Crippen molar-refractivity contribution in [1.29, 1.82) is 0 Å². The lowest BCUT2D eigenvalue weighted by molar-refractivity contribution is -0.151. The average molecular weight is 427 g/mol. The molecule has 2 N–H and O–H groups in total. The molecule has 0 saturated heterocycles. The number of esters is 1. The number of ketones is 1. The van der Waals surface area contributed by atoms with Gasteiger partial charge in [0.15, 0.2) is 5.78 Å². The molecule has 6 nitrogen and oxygen atoms in total. The summed E-state index contributed by atoms with van der Waals surface area (Å²) in [5.41, 5.74) is 3.88. The highest BCUT2D eigenvalue weighted by Gasteiger charge is 2.44. The molecule has 3 atom stereocenters. The summed E-state index contributed by atoms with van der Waals surface area (Å²) in [7, 11) is 2.87. The summed E-state index contributed by atoms with van der Waals surface area (Å²) in [6.07, 6.45) is 0.553. The maximum Gasteiger partial charge on any atom is 0.316 e. The Bertz CT molecular complexity index is 1050. The molecule has 2 aliphatic rings. The molecule has 0 radical (unpaired) electrons. The van der Waals surface area contributed by atoms with Crippen molar-refractivity contribution < 1.29 is 19.1 Å². The van der Waals surface area contributed by atoms with E-state index in [9.17, 15) is 9.59 Å². The summed E-state index contributed by atoms with van der Waals surface area (Å²) in [5, 5.41) is 7.34. The number of hydrogen-bond acceptors (Lipinski definition) is 6. The summed E-state index contributed by atoms with van der Waals surface area (Å²) < 4.78 is 10.2. The first-order chi connectivity index (χ1) is 14.4. The molecule has 4 rings (SSSR count). The number of rotatable bonds is 3. The van der Waals surface area contributed by atoms with E-state index in [4.69, 9.17) is 21.1 Å². The van der Waals surface area contributed by atoms with Gasteiger partial charge in [0.05, 0.1) is 36.7 Å². The van der Waals surface area contributed by atoms with Crippen LogP contribution in [0.1, 0.15) is 24.9 Å². The van der Waals surface area contributed by atoms with Crippen LogP contribution in [0.4, 0.5) is 11.4 Å². The second-order valence-corrected chi connectivity index (χ2v) is 7.99. The van der Waals surface area contributed by atoms with Gasteiger partial charge in [-0.3, -0.25) is 9.59 Å². The van der Waals surface area contributed by atoms with Crippen molar-refractivity contribution in [2.45, 2.75) is 19.4 Å². The fourth-order valence-electron chi connectivity index (χ4n) is 4.25. The highest BCUT2D eigenvalue weighted by molar-refractivity contribution is 6.32. The third-order valence-corrected chi connectivity index (χ3v) is 6.03. The van der Waals surface area contributed by atoms with Crippen molar-refractivity contribution in [2.24, 2.45) is 11.8 Å². The molecule has 0 aromatic heterocycles. The van der Waals surface area contributed by atoms with E-state index in [1.165, 1.54) is 7.11 Å². The lowest BCUT2D eigenvalue weighted by Gasteiger charge is -2.32. The predicted octanol–water partition coefficient (Wildman–Crippen LogP) is 4.58. The predicted molar refractivity (Wildman–Crippen MR) is 116 cm³/mol. The first-order valence-electron chi connectivity index (χ1n) is 9.75. The van der Waals surface area contributed by atoms with E-state index in [2.05, 4.69) is 10.6 Å². The summed E-state index contributed by atoms with van der Waals surface area (Å²) >= 11 is 6.38. The standard InChI is InChI=1S/C23H23ClN2O4/c1-12-10-17-20(22(27)19(12)23(28)30-3)21(13-8-9-18(29-2)14(24)11-13)26-16-7-5-4-6-15(16)25-17/h4-9,11-12,19,21,25-26H,10H2,1-3H3/t12-,19+,21-/m0/s1. The van der Waals surface area contributed by atoms with E-state index < -0.39 is 17.9 Å². The van der Waals surface area contributed by atoms with Crippen molar-refractivity contribution in [1.82, 2.24) is 0 Å². The Morgan fingerprint density at radius 2 is 1.87 bits per heavy atom. The van der Waals surface area contributed by atoms with Gasteiger partial charge in [-0.2, -0.15) is 0 Å². The van der Waals surface area contributed by atoms with Crippen LogP contribution in [0.5, 0.6) is 5.75 Å². The molecular formula is C23H23ClN2O4. The number of carbonyl (C=O) groups is 2. The van der Waals surface area contributed by atoms with Gasteiger partial charge in [0.25, 0.3) is 0 Å². The molecule has 0 unspecified atom stereocenters. The Morgan fingerprint density at radius 1 is 1.13 bits per heavy atom. The van der Waals surface area contributed by atoms with Crippen LogP contribution in [0.15, 0.2) is 53.7 Å². The Morgan fingerprint density at radius 3 is 2.53 bits per heavy atom. The number of hydrogen-bond donors (Lipinski definition) is 2. The Kier molecular flexibility index (Phi) is 5.43. The number of ether oxygens (including phenoxy) is 2. The fraction of sp³-hybridized carbons (Fsp3) is 0.304. The van der Waals surface area contributed by atoms with Gasteiger partial charge in [-0.1, -0.05) is 36.7 Å². The highest BCUT2D eigenvalue weighted by Crippen LogP contribution is 2.44. The zero-order chi connectivity index (χ0) is 21.4. The number of fused-ring (bicyclic) bond motifs is 1. The molecule has 1 aliphatic carbocycles. The van der Waals surface area contributed by atoms with E-state index in [1.807, 2.05) is 37.3 Å². The second-order valence-electron chi connectivity index (χ2n) is 7.58. The molecule has 30 heavy (non-hydrogen) atoms. The van der Waals surface area contributed by atoms with Crippen LogP contribution in [0.2, 0.25) is 5.02 Å². The van der Waals surface area contributed by atoms with Crippen LogP contribution in [0.3, 0.4) is 0 Å². The lowest BCUT2D eigenvalue weighted by atomic mass is 9.75. The number of para-hydroxylation sites is 2. The smallest absolute Gasteiger partial charge is 0.316 e. The molecule has 156 valence electrons. The second kappa shape index (κ2) is 8.03. The van der Waals surface area contributed by atoms with Crippen LogP contribution in [-0.4, -0.2) is 26.0 Å². The maximum atomic E-state index is 13.6. The Labute approximate surface area is 180 Å². The molecular weight excluding hydrogens is 404 g/mol. The van der Waals surface area contributed by atoms with E-state index in [0.717, 1.165) is 22.6 Å². The third-order valence-electron chi connectivity index (χ3n) is 5.73. The summed E-state index contributed by atoms with van der Waals surface area (Å²) in [4.78, 5) is 26.0. The molecule has 2 aromatic carbocycles. The van der Waals surface area contributed by atoms with E-state index >= 15 is 0 Å². The number of allylic oxidation sites excluding steroid dienone is 1. The van der Waals surface area contributed by atoms with Crippen LogP contribution in [-0.2, 0) is 14.3 Å². The van der Waals surface area contributed by atoms with Gasteiger partial charge in [-0.25, -0.2) is 0 Å². The fourth-order valence-corrected chi connectivity index (χ4v) is 4.51. The van der Waals surface area contributed by atoms with E-state index in [1.54, 1.807) is 19.2 Å². The maximum absolute atomic E-state index is 13.6. The zero-order valence-corrected chi connectivity index (χ0v) is 17.7. The monoisotopic (exact) mass is 426 g/mol. The van der Waals surface area contributed by atoms with Gasteiger partial charge >= 0.3 is 5.97 Å². The quantitative estimate of drug-likeness (QED) is 0.552. The van der Waals surface area contributed by atoms with Gasteiger partial charge < -0.3 is 20.1 Å². The largest absolute Gasteiger partial charge is 0.495 e. The SMILES string of the molecule is COC(=O)[C@H]1C(=O)C2=C(C[C@@H]1C)Nc1ccccc1N[C@H]2c1ccc(OC)c(Cl)c1. The molecule has 0 spiro atoms. The number of carbonyl (C=O) groups excluding carboxylic acids is 2. The summed E-state index contributed by atoms with van der Waals surface area (Å²) in [6.45, 7) is 1.90. The number of Topliss-reactive ketones (excluding diaryl/α,β-unsaturated/α-hetero) is 1. The van der Waals surface area contributed by atoms with Crippen LogP contribution in [0, 0.1) is 11.8 Å². The summed E-state index contributed by atoms with van der Waals surface area (Å²) in [6, 6.07) is 12.7. The molecule has 0 amide bonds. The van der Waals surface area contributed by atoms with Crippen LogP contribution in [0.25, 0.3) is 0 Å². The van der Waals surface area contributed by atoms with Gasteiger partial charge in [0, 0.05) is 11.3 Å². The van der Waals surface area contributed by atoms with Gasteiger partial charge in [-0.05, 0) is 42.2 Å². The molecule has 2 aromatic rings. The molecule has 1 heterocycles. The third kappa shape index (κ3) is 3.41. The van der Waals surface area contributed by atoms with Gasteiger partial charge in [0.1, 0.15) is 11.7 Å². The normalized spacial score (nSPS) is 22.8. The van der Waals surface area contributed by atoms with Gasteiger partial charge in [0.2, 0.25) is 0 Å². The Hall–Kier alpha value is -2.99. The van der Waals surface area contributed by atoms with Crippen LogP contribution < -0.4 is 15.4 Å². The van der Waals surface area contributed by atoms with Gasteiger partial charge in [-0.15, -0.1) is 0 Å². The van der Waals surface area contributed by atoms with Crippen molar-refractivity contribution in [3.63, 3.8) is 0 Å². The average Bonchev–Trinajstić information content (AvgIpc) is 2.90. The van der Waals surface area contributed by atoms with Crippen LogP contribution >= 0.6 is 11.6 Å². The molecule has 7 heteroatoms. The lowest BCUT2D eigenvalue weighted by Crippen LogP contribution is -2.39. The topological polar surface area (TPSA) is 76.7 Å². The number of benzene rings is 2. The molecule has 0 bridgehead atoms. The molecule has 1 aliphatic heterocycles. The zero-order valence-electron chi connectivity index (χ0n) is 17.0. The van der Waals surface area contributed by atoms with E-state index in [-0.39, 0.29) is 11.7 Å². The molecule has 0 saturated carbocycles. The number of nitrogens with one attached hydrogen (secondary N) is 2. The minimum absolute atomic E-state index is 0.179. The van der Waals surface area contributed by atoms with Crippen molar-refractivity contribution >= 4 is 34.7 Å². The summed E-state index contributed by atoms with van der Waals surface area (Å²) in [5.74, 6) is -1.21. The van der Waals surface area contributed by atoms with E-state index in [0.29, 0.717) is 22.8 Å². The minimum atomic E-state index is -0.838. The van der Waals surface area contributed by atoms with Crippen molar-refractivity contribution in [3.05, 3.63) is 64.3 Å². The number of halogens is 1. The van der Waals surface area contributed by atoms with Crippen molar-refractivity contribution in [3.8, 4) is 5.75 Å². The first-order valence-corrected chi connectivity index (χ1v) is 10.1. The highest BCUT2D eigenvalue weighted by atomic mass is 35.5. The first kappa shape index (κ1) is 20.3.